The van der Waals surface area contributed by atoms with E-state index in [1.807, 2.05) is 49.7 Å². The Labute approximate surface area is 200 Å². The molecule has 5 nitrogen and oxygen atoms in total. The second-order valence-electron chi connectivity index (χ2n) is 8.30. The number of aromatic nitrogens is 2. The molecule has 34 heavy (non-hydrogen) atoms. The van der Waals surface area contributed by atoms with Crippen molar-refractivity contribution in [2.24, 2.45) is 0 Å². The van der Waals surface area contributed by atoms with E-state index in [9.17, 15) is 18.0 Å². The fraction of sp³-hybridized carbons (Fsp3) is 0.280. The molecule has 0 spiro atoms. The Kier molecular flexibility index (Phi) is 6.45. The second kappa shape index (κ2) is 9.18. The van der Waals surface area contributed by atoms with Crippen LogP contribution in [0.2, 0.25) is 5.02 Å². The molecule has 1 amide bonds. The number of nitrogens with zero attached hydrogens (tertiary/aromatic N) is 2. The van der Waals surface area contributed by atoms with Gasteiger partial charge in [-0.2, -0.15) is 18.3 Å². The predicted molar refractivity (Wildman–Crippen MR) is 125 cm³/mol. The van der Waals surface area contributed by atoms with Crippen LogP contribution in [0.4, 0.5) is 23.7 Å². The van der Waals surface area contributed by atoms with Crippen LogP contribution in [0.1, 0.15) is 40.4 Å². The first-order chi connectivity index (χ1) is 16.0. The molecule has 0 aliphatic heterocycles. The number of amides is 1. The van der Waals surface area contributed by atoms with E-state index in [0.717, 1.165) is 40.3 Å². The molecule has 2 unspecified atom stereocenters. The minimum atomic E-state index is -4.49. The number of aryl methyl sites for hydroxylation is 2. The Morgan fingerprint density at radius 2 is 1.91 bits per heavy atom. The number of carbonyl (C=O) groups is 1. The van der Waals surface area contributed by atoms with Crippen molar-refractivity contribution in [3.05, 3.63) is 87.7 Å². The minimum absolute atomic E-state index is 0.0129. The van der Waals surface area contributed by atoms with E-state index in [2.05, 4.69) is 10.4 Å². The standard InChI is InChI=1S/C25H23ClF3N3O2/c1-14-7-9-20(13-22(14)26)32-16(3)23(15(2)31-32)17-8-10-21(11-17)34-24(33)30-19-6-4-5-18(12-19)25(27,28)29/h4-10,12-13,17,21H,11H2,1-3H3,(H,30,33). The van der Waals surface area contributed by atoms with Crippen LogP contribution in [0.15, 0.2) is 54.6 Å². The fourth-order valence-corrected chi connectivity index (χ4v) is 4.36. The topological polar surface area (TPSA) is 56.2 Å². The molecule has 1 aliphatic rings. The Balaban J connectivity index is 1.43. The number of nitrogens with one attached hydrogen (secondary N) is 1. The third-order valence-electron chi connectivity index (χ3n) is 5.86. The van der Waals surface area contributed by atoms with E-state index >= 15 is 0 Å². The van der Waals surface area contributed by atoms with Crippen LogP contribution in [-0.2, 0) is 10.9 Å². The second-order valence-corrected chi connectivity index (χ2v) is 8.71. The Morgan fingerprint density at radius 3 is 2.62 bits per heavy atom. The highest BCUT2D eigenvalue weighted by molar-refractivity contribution is 6.31. The number of carbonyl (C=O) groups excluding carboxylic acids is 1. The number of hydrogen-bond donors (Lipinski definition) is 1. The van der Waals surface area contributed by atoms with Gasteiger partial charge in [-0.3, -0.25) is 5.32 Å². The molecule has 178 valence electrons. The highest BCUT2D eigenvalue weighted by atomic mass is 35.5. The van der Waals surface area contributed by atoms with Crippen molar-refractivity contribution in [1.29, 1.82) is 0 Å². The van der Waals surface area contributed by atoms with Gasteiger partial charge in [-0.25, -0.2) is 9.48 Å². The maximum absolute atomic E-state index is 12.9. The lowest BCUT2D eigenvalue weighted by Gasteiger charge is -2.15. The number of ether oxygens (including phenoxy) is 1. The Hall–Kier alpha value is -3.26. The van der Waals surface area contributed by atoms with Gasteiger partial charge in [-0.15, -0.1) is 0 Å². The van der Waals surface area contributed by atoms with E-state index in [0.29, 0.717) is 11.4 Å². The summed E-state index contributed by atoms with van der Waals surface area (Å²) in [5, 5.41) is 7.71. The van der Waals surface area contributed by atoms with E-state index in [4.69, 9.17) is 16.3 Å². The van der Waals surface area contributed by atoms with E-state index in [1.165, 1.54) is 12.1 Å². The molecule has 0 fully saturated rings. The summed E-state index contributed by atoms with van der Waals surface area (Å²) in [6, 6.07) is 10.2. The van der Waals surface area contributed by atoms with E-state index in [-0.39, 0.29) is 11.6 Å². The molecule has 1 N–H and O–H groups in total. The number of anilines is 1. The van der Waals surface area contributed by atoms with Crippen LogP contribution in [0.3, 0.4) is 0 Å². The first-order valence-corrected chi connectivity index (χ1v) is 11.1. The summed E-state index contributed by atoms with van der Waals surface area (Å²) < 4.78 is 45.9. The van der Waals surface area contributed by atoms with Crippen LogP contribution >= 0.6 is 11.6 Å². The van der Waals surface area contributed by atoms with Gasteiger partial charge in [0.1, 0.15) is 6.10 Å². The maximum atomic E-state index is 12.9. The smallest absolute Gasteiger partial charge is 0.416 e. The quantitative estimate of drug-likeness (QED) is 0.396. The monoisotopic (exact) mass is 489 g/mol. The van der Waals surface area contributed by atoms with Crippen LogP contribution in [0.5, 0.6) is 0 Å². The third kappa shape index (κ3) is 4.97. The molecule has 0 saturated heterocycles. The zero-order chi connectivity index (χ0) is 24.6. The van der Waals surface area contributed by atoms with Gasteiger partial charge in [0.25, 0.3) is 0 Å². The summed E-state index contributed by atoms with van der Waals surface area (Å²) >= 11 is 6.28. The van der Waals surface area contributed by atoms with E-state index in [1.54, 1.807) is 6.08 Å². The van der Waals surface area contributed by atoms with Crippen LogP contribution < -0.4 is 5.32 Å². The number of allylic oxidation sites excluding steroid dienone is 1. The van der Waals surface area contributed by atoms with Crippen molar-refractivity contribution in [2.75, 3.05) is 5.32 Å². The minimum Gasteiger partial charge on any atom is -0.442 e. The van der Waals surface area contributed by atoms with Gasteiger partial charge in [-0.05, 0) is 69.2 Å². The van der Waals surface area contributed by atoms with Gasteiger partial charge in [-0.1, -0.05) is 29.8 Å². The zero-order valence-electron chi connectivity index (χ0n) is 18.8. The molecule has 9 heteroatoms. The summed E-state index contributed by atoms with van der Waals surface area (Å²) in [6.07, 6.45) is -1.55. The molecular weight excluding hydrogens is 467 g/mol. The number of hydrogen-bond acceptors (Lipinski definition) is 3. The summed E-state index contributed by atoms with van der Waals surface area (Å²) in [7, 11) is 0. The lowest BCUT2D eigenvalue weighted by Crippen LogP contribution is -2.20. The number of rotatable bonds is 4. The van der Waals surface area contributed by atoms with Gasteiger partial charge >= 0.3 is 12.3 Å². The van der Waals surface area contributed by atoms with Crippen molar-refractivity contribution >= 4 is 23.4 Å². The van der Waals surface area contributed by atoms with Crippen molar-refractivity contribution in [3.8, 4) is 5.69 Å². The molecule has 1 aliphatic carbocycles. The highest BCUT2D eigenvalue weighted by Crippen LogP contribution is 2.35. The highest BCUT2D eigenvalue weighted by Gasteiger charge is 2.31. The lowest BCUT2D eigenvalue weighted by molar-refractivity contribution is -0.137. The largest absolute Gasteiger partial charge is 0.442 e. The fourth-order valence-electron chi connectivity index (χ4n) is 4.18. The van der Waals surface area contributed by atoms with Crippen LogP contribution in [0, 0.1) is 20.8 Å². The molecule has 0 bridgehead atoms. The van der Waals surface area contributed by atoms with Gasteiger partial charge < -0.3 is 4.74 Å². The number of benzene rings is 2. The molecule has 4 rings (SSSR count). The van der Waals surface area contributed by atoms with Crippen molar-refractivity contribution in [2.45, 2.75) is 45.4 Å². The van der Waals surface area contributed by atoms with Crippen LogP contribution in [-0.4, -0.2) is 22.0 Å². The molecule has 1 aromatic heterocycles. The summed E-state index contributed by atoms with van der Waals surface area (Å²) in [4.78, 5) is 12.3. The normalized spacial score (nSPS) is 17.7. The molecule has 3 aromatic rings. The molecule has 2 aromatic carbocycles. The van der Waals surface area contributed by atoms with Crippen molar-refractivity contribution in [3.63, 3.8) is 0 Å². The molecule has 1 heterocycles. The first-order valence-electron chi connectivity index (χ1n) is 10.7. The van der Waals surface area contributed by atoms with Gasteiger partial charge in [0.15, 0.2) is 0 Å². The predicted octanol–water partition coefficient (Wildman–Crippen LogP) is 7.13. The summed E-state index contributed by atoms with van der Waals surface area (Å²) in [6.45, 7) is 5.84. The average Bonchev–Trinajstić information content (AvgIpc) is 3.32. The van der Waals surface area contributed by atoms with Crippen molar-refractivity contribution in [1.82, 2.24) is 9.78 Å². The van der Waals surface area contributed by atoms with Gasteiger partial charge in [0, 0.05) is 27.9 Å². The SMILES string of the molecule is Cc1ccc(-n2nc(C)c(C3C=CC(OC(=O)Nc4cccc(C(F)(F)F)c4)C3)c2C)cc1Cl. The lowest BCUT2D eigenvalue weighted by atomic mass is 9.96. The number of halogens is 4. The molecule has 2 atom stereocenters. The average molecular weight is 490 g/mol. The summed E-state index contributed by atoms with van der Waals surface area (Å²) in [5.41, 5.74) is 3.87. The van der Waals surface area contributed by atoms with Gasteiger partial charge in [0.05, 0.1) is 16.9 Å². The third-order valence-corrected chi connectivity index (χ3v) is 6.26. The molecule has 0 saturated carbocycles. The number of alkyl halides is 3. The first kappa shape index (κ1) is 23.9. The van der Waals surface area contributed by atoms with Gasteiger partial charge in [0.2, 0.25) is 0 Å². The molecule has 0 radical (unpaired) electrons. The molecular formula is C25H23ClF3N3O2. The van der Waals surface area contributed by atoms with Crippen molar-refractivity contribution < 1.29 is 22.7 Å². The van der Waals surface area contributed by atoms with E-state index < -0.39 is 23.9 Å². The maximum Gasteiger partial charge on any atom is 0.416 e. The Bertz CT molecular complexity index is 1270. The van der Waals surface area contributed by atoms with Crippen LogP contribution in [0.25, 0.3) is 5.69 Å². The Morgan fingerprint density at radius 1 is 1.15 bits per heavy atom. The zero-order valence-corrected chi connectivity index (χ0v) is 19.5. The summed E-state index contributed by atoms with van der Waals surface area (Å²) in [5.74, 6) is -0.0129.